The number of H-pyrrole nitrogens is 1. The highest BCUT2D eigenvalue weighted by Gasteiger charge is 2.05. The lowest BCUT2D eigenvalue weighted by Gasteiger charge is -2.13. The fourth-order valence-corrected chi connectivity index (χ4v) is 1.53. The van der Waals surface area contributed by atoms with Gasteiger partial charge in [-0.15, -0.1) is 0 Å². The maximum Gasteiger partial charge on any atom is 0.120 e. The minimum Gasteiger partial charge on any atom is -0.508 e. The second kappa shape index (κ2) is 4.81. The summed E-state index contributed by atoms with van der Waals surface area (Å²) in [7, 11) is 0. The zero-order valence-electron chi connectivity index (χ0n) is 9.14. The van der Waals surface area contributed by atoms with Gasteiger partial charge in [-0.3, -0.25) is 0 Å². The van der Waals surface area contributed by atoms with Gasteiger partial charge in [-0.1, -0.05) is 12.1 Å². The smallest absolute Gasteiger partial charge is 0.120 e. The van der Waals surface area contributed by atoms with Gasteiger partial charge in [0.2, 0.25) is 0 Å². The molecule has 3 N–H and O–H groups in total. The standard InChI is InChI=1S/C12H15N3O/c1-9(10-2-4-11(16)5-3-10)15-8-12-13-6-7-14-12/h2-7,9,15-16H,8H2,1H3,(H,13,14). The zero-order chi connectivity index (χ0) is 11.4. The Balaban J connectivity index is 1.93. The first-order chi connectivity index (χ1) is 7.75. The first-order valence-corrected chi connectivity index (χ1v) is 5.26. The highest BCUT2D eigenvalue weighted by molar-refractivity contribution is 5.27. The van der Waals surface area contributed by atoms with E-state index in [1.54, 1.807) is 18.3 Å². The third-order valence-corrected chi connectivity index (χ3v) is 2.52. The average Bonchev–Trinajstić information content (AvgIpc) is 2.80. The number of hydrogen-bond acceptors (Lipinski definition) is 3. The first kappa shape index (κ1) is 10.7. The Morgan fingerprint density at radius 3 is 2.75 bits per heavy atom. The molecule has 1 aromatic carbocycles. The number of aromatic nitrogens is 2. The first-order valence-electron chi connectivity index (χ1n) is 5.26. The molecule has 1 aromatic heterocycles. The molecule has 0 spiro atoms. The van der Waals surface area contributed by atoms with E-state index in [1.807, 2.05) is 18.3 Å². The normalized spacial score (nSPS) is 12.6. The Morgan fingerprint density at radius 2 is 2.12 bits per heavy atom. The van der Waals surface area contributed by atoms with Gasteiger partial charge in [-0.25, -0.2) is 4.98 Å². The van der Waals surface area contributed by atoms with Crippen molar-refractivity contribution in [3.8, 4) is 5.75 Å². The van der Waals surface area contributed by atoms with E-state index in [0.717, 1.165) is 11.4 Å². The number of nitrogens with one attached hydrogen (secondary N) is 2. The van der Waals surface area contributed by atoms with E-state index in [1.165, 1.54) is 0 Å². The van der Waals surface area contributed by atoms with Crippen LogP contribution in [0.4, 0.5) is 0 Å². The number of phenolic OH excluding ortho intramolecular Hbond substituents is 1. The summed E-state index contributed by atoms with van der Waals surface area (Å²) in [5.41, 5.74) is 1.14. The van der Waals surface area contributed by atoms with Gasteiger partial charge in [-0.05, 0) is 24.6 Å². The molecule has 1 atom stereocenters. The highest BCUT2D eigenvalue weighted by Crippen LogP contribution is 2.16. The monoisotopic (exact) mass is 217 g/mol. The van der Waals surface area contributed by atoms with Crippen LogP contribution in [0.1, 0.15) is 24.4 Å². The molecule has 2 rings (SSSR count). The molecule has 0 aliphatic carbocycles. The van der Waals surface area contributed by atoms with Gasteiger partial charge in [0.1, 0.15) is 11.6 Å². The molecule has 0 aliphatic heterocycles. The fraction of sp³-hybridized carbons (Fsp3) is 0.250. The Labute approximate surface area is 94.4 Å². The van der Waals surface area contributed by atoms with Crippen LogP contribution in [-0.4, -0.2) is 15.1 Å². The van der Waals surface area contributed by atoms with Gasteiger partial charge < -0.3 is 15.4 Å². The molecule has 0 saturated carbocycles. The maximum atomic E-state index is 9.18. The van der Waals surface area contributed by atoms with Crippen molar-refractivity contribution in [3.05, 3.63) is 48.0 Å². The zero-order valence-corrected chi connectivity index (χ0v) is 9.14. The minimum absolute atomic E-state index is 0.227. The van der Waals surface area contributed by atoms with Crippen molar-refractivity contribution in [2.24, 2.45) is 0 Å². The molecular formula is C12H15N3O. The largest absolute Gasteiger partial charge is 0.508 e. The molecule has 0 fully saturated rings. The second-order valence-corrected chi connectivity index (χ2v) is 3.73. The predicted molar refractivity (Wildman–Crippen MR) is 61.9 cm³/mol. The molecule has 0 bridgehead atoms. The third-order valence-electron chi connectivity index (χ3n) is 2.52. The number of hydrogen-bond donors (Lipinski definition) is 3. The lowest BCUT2D eigenvalue weighted by Crippen LogP contribution is -2.18. The van der Waals surface area contributed by atoms with Gasteiger partial charge in [-0.2, -0.15) is 0 Å². The Morgan fingerprint density at radius 1 is 1.38 bits per heavy atom. The summed E-state index contributed by atoms with van der Waals surface area (Å²) in [6, 6.07) is 7.44. The summed E-state index contributed by atoms with van der Waals surface area (Å²) in [6.07, 6.45) is 3.55. The summed E-state index contributed by atoms with van der Waals surface area (Å²) in [4.78, 5) is 7.18. The molecule has 84 valence electrons. The summed E-state index contributed by atoms with van der Waals surface area (Å²) in [5.74, 6) is 1.22. The van der Waals surface area contributed by atoms with Gasteiger partial charge in [0.25, 0.3) is 0 Å². The van der Waals surface area contributed by atoms with E-state index in [-0.39, 0.29) is 6.04 Å². The number of phenols is 1. The van der Waals surface area contributed by atoms with Crippen LogP contribution >= 0.6 is 0 Å². The third kappa shape index (κ3) is 2.61. The van der Waals surface area contributed by atoms with Gasteiger partial charge in [0.05, 0.1) is 6.54 Å². The van der Waals surface area contributed by atoms with E-state index in [2.05, 4.69) is 22.2 Å². The van der Waals surface area contributed by atoms with Crippen molar-refractivity contribution in [2.75, 3.05) is 0 Å². The van der Waals surface area contributed by atoms with Crippen molar-refractivity contribution in [1.82, 2.24) is 15.3 Å². The summed E-state index contributed by atoms with van der Waals surface area (Å²) in [6.45, 7) is 2.78. The molecule has 4 heteroatoms. The average molecular weight is 217 g/mol. The van der Waals surface area contributed by atoms with Crippen molar-refractivity contribution >= 4 is 0 Å². The van der Waals surface area contributed by atoms with Crippen molar-refractivity contribution < 1.29 is 5.11 Å². The van der Waals surface area contributed by atoms with Crippen molar-refractivity contribution in [3.63, 3.8) is 0 Å². The SMILES string of the molecule is CC(NCc1ncc[nH]1)c1ccc(O)cc1. The van der Waals surface area contributed by atoms with Crippen LogP contribution in [0.2, 0.25) is 0 Å². The lowest BCUT2D eigenvalue weighted by molar-refractivity contribution is 0.474. The number of benzene rings is 1. The van der Waals surface area contributed by atoms with Crippen LogP contribution in [0.25, 0.3) is 0 Å². The number of rotatable bonds is 4. The minimum atomic E-state index is 0.227. The van der Waals surface area contributed by atoms with E-state index >= 15 is 0 Å². The van der Waals surface area contributed by atoms with E-state index in [4.69, 9.17) is 0 Å². The van der Waals surface area contributed by atoms with Gasteiger partial charge in [0, 0.05) is 18.4 Å². The molecule has 4 nitrogen and oxygen atoms in total. The van der Waals surface area contributed by atoms with Gasteiger partial charge >= 0.3 is 0 Å². The Kier molecular flexibility index (Phi) is 3.22. The van der Waals surface area contributed by atoms with Crippen LogP contribution in [0, 0.1) is 0 Å². The fourth-order valence-electron chi connectivity index (χ4n) is 1.53. The van der Waals surface area contributed by atoms with E-state index in [9.17, 15) is 5.11 Å². The number of nitrogens with zero attached hydrogens (tertiary/aromatic N) is 1. The van der Waals surface area contributed by atoms with E-state index in [0.29, 0.717) is 12.3 Å². The molecular weight excluding hydrogens is 202 g/mol. The van der Waals surface area contributed by atoms with E-state index < -0.39 is 0 Å². The Hall–Kier alpha value is -1.81. The van der Waals surface area contributed by atoms with Crippen LogP contribution in [0.15, 0.2) is 36.7 Å². The Bertz CT molecular complexity index is 422. The number of aromatic amines is 1. The topological polar surface area (TPSA) is 60.9 Å². The summed E-state index contributed by atoms with van der Waals surface area (Å²) < 4.78 is 0. The molecule has 1 unspecified atom stereocenters. The van der Waals surface area contributed by atoms with Crippen LogP contribution < -0.4 is 5.32 Å². The second-order valence-electron chi connectivity index (χ2n) is 3.73. The number of aromatic hydroxyl groups is 1. The van der Waals surface area contributed by atoms with Crippen molar-refractivity contribution in [2.45, 2.75) is 19.5 Å². The molecule has 1 heterocycles. The molecule has 16 heavy (non-hydrogen) atoms. The molecule has 0 saturated heterocycles. The number of imidazole rings is 1. The quantitative estimate of drug-likeness (QED) is 0.733. The lowest BCUT2D eigenvalue weighted by atomic mass is 10.1. The maximum absolute atomic E-state index is 9.18. The van der Waals surface area contributed by atoms with Crippen LogP contribution in [-0.2, 0) is 6.54 Å². The molecule has 0 aliphatic rings. The summed E-state index contributed by atoms with van der Waals surface area (Å²) in [5, 5.41) is 12.5. The highest BCUT2D eigenvalue weighted by atomic mass is 16.3. The molecule has 0 amide bonds. The van der Waals surface area contributed by atoms with Crippen LogP contribution in [0.5, 0.6) is 5.75 Å². The molecule has 2 aromatic rings. The van der Waals surface area contributed by atoms with Crippen LogP contribution in [0.3, 0.4) is 0 Å². The summed E-state index contributed by atoms with van der Waals surface area (Å²) >= 11 is 0. The van der Waals surface area contributed by atoms with Gasteiger partial charge in [0.15, 0.2) is 0 Å². The van der Waals surface area contributed by atoms with Crippen molar-refractivity contribution in [1.29, 1.82) is 0 Å². The molecule has 0 radical (unpaired) electrons. The predicted octanol–water partition coefficient (Wildman–Crippen LogP) is 1.97.